The topological polar surface area (TPSA) is 49.4 Å². The van der Waals surface area contributed by atoms with Crippen LogP contribution in [0.25, 0.3) is 0 Å². The zero-order valence-corrected chi connectivity index (χ0v) is 12.8. The maximum atomic E-state index is 11.0. The number of hydrogen-bond acceptors (Lipinski definition) is 4. The molecule has 0 atom stereocenters. The first kappa shape index (κ1) is 16.0. The maximum Gasteiger partial charge on any atom is 0.148 e. The second-order valence-corrected chi connectivity index (χ2v) is 7.08. The average molecular weight is 284 g/mol. The summed E-state index contributed by atoms with van der Waals surface area (Å²) < 4.78 is 21.9. The molecule has 1 N–H and O–H groups in total. The van der Waals surface area contributed by atoms with Crippen LogP contribution in [0.2, 0.25) is 0 Å². The molecule has 5 heteroatoms. The van der Waals surface area contributed by atoms with Crippen LogP contribution in [0.5, 0.6) is 0 Å². The fourth-order valence-corrected chi connectivity index (χ4v) is 2.26. The van der Waals surface area contributed by atoms with Crippen LogP contribution >= 0.6 is 0 Å². The van der Waals surface area contributed by atoms with Crippen molar-refractivity contribution in [2.24, 2.45) is 0 Å². The summed E-state index contributed by atoms with van der Waals surface area (Å²) in [6.45, 7) is 4.29. The summed E-state index contributed by atoms with van der Waals surface area (Å²) in [4.78, 5) is 2.16. The SMILES string of the molecule is CCc1ccc(N(C)CCNCCS(C)(=O)=O)cc1. The summed E-state index contributed by atoms with van der Waals surface area (Å²) in [6, 6.07) is 8.52. The second kappa shape index (κ2) is 7.50. The molecule has 0 saturated heterocycles. The van der Waals surface area contributed by atoms with Gasteiger partial charge >= 0.3 is 0 Å². The molecule has 0 radical (unpaired) electrons. The van der Waals surface area contributed by atoms with E-state index in [1.165, 1.54) is 17.5 Å². The lowest BCUT2D eigenvalue weighted by Crippen LogP contribution is -2.31. The first-order valence-corrected chi connectivity index (χ1v) is 8.67. The van der Waals surface area contributed by atoms with Crippen LogP contribution in [0.1, 0.15) is 12.5 Å². The lowest BCUT2D eigenvalue weighted by Gasteiger charge is -2.19. The third kappa shape index (κ3) is 6.59. The third-order valence-electron chi connectivity index (χ3n) is 3.06. The first-order valence-electron chi connectivity index (χ1n) is 6.61. The van der Waals surface area contributed by atoms with Crippen molar-refractivity contribution in [3.63, 3.8) is 0 Å². The molecule has 1 rings (SSSR count). The summed E-state index contributed by atoms with van der Waals surface area (Å²) in [5.41, 5.74) is 2.52. The molecule has 1 aromatic rings. The van der Waals surface area contributed by atoms with Crippen LogP contribution in [-0.4, -0.2) is 47.1 Å². The Kier molecular flexibility index (Phi) is 6.31. The quantitative estimate of drug-likeness (QED) is 0.732. The van der Waals surface area contributed by atoms with Crippen LogP contribution in [0.15, 0.2) is 24.3 Å². The summed E-state index contributed by atoms with van der Waals surface area (Å²) in [7, 11) is -0.820. The van der Waals surface area contributed by atoms with Crippen LogP contribution in [-0.2, 0) is 16.3 Å². The molecule has 0 heterocycles. The zero-order valence-electron chi connectivity index (χ0n) is 12.0. The van der Waals surface area contributed by atoms with E-state index in [4.69, 9.17) is 0 Å². The number of benzene rings is 1. The number of rotatable bonds is 8. The van der Waals surface area contributed by atoms with E-state index >= 15 is 0 Å². The van der Waals surface area contributed by atoms with E-state index in [1.807, 2.05) is 7.05 Å². The van der Waals surface area contributed by atoms with Gasteiger partial charge in [0.05, 0.1) is 5.75 Å². The highest BCUT2D eigenvalue weighted by Gasteiger charge is 2.02. The molecular weight excluding hydrogens is 260 g/mol. The Hall–Kier alpha value is -1.07. The molecule has 0 saturated carbocycles. The Morgan fingerprint density at radius 3 is 2.32 bits per heavy atom. The van der Waals surface area contributed by atoms with Gasteiger partial charge in [-0.25, -0.2) is 8.42 Å². The molecule has 4 nitrogen and oxygen atoms in total. The molecule has 0 unspecified atom stereocenters. The van der Waals surface area contributed by atoms with E-state index in [1.54, 1.807) is 0 Å². The van der Waals surface area contributed by atoms with Gasteiger partial charge in [-0.05, 0) is 24.1 Å². The molecule has 0 spiro atoms. The molecule has 0 aromatic heterocycles. The predicted octanol–water partition coefficient (Wildman–Crippen LogP) is 1.32. The van der Waals surface area contributed by atoms with Gasteiger partial charge in [0.1, 0.15) is 9.84 Å². The molecule has 0 aliphatic carbocycles. The Balaban J connectivity index is 2.28. The highest BCUT2D eigenvalue weighted by molar-refractivity contribution is 7.90. The monoisotopic (exact) mass is 284 g/mol. The average Bonchev–Trinajstić information content (AvgIpc) is 2.37. The number of hydrogen-bond donors (Lipinski definition) is 1. The molecule has 0 aliphatic heterocycles. The largest absolute Gasteiger partial charge is 0.373 e. The minimum absolute atomic E-state index is 0.196. The number of sulfone groups is 1. The smallest absolute Gasteiger partial charge is 0.148 e. The van der Waals surface area contributed by atoms with Crippen LogP contribution < -0.4 is 10.2 Å². The lowest BCUT2D eigenvalue weighted by molar-refractivity contribution is 0.596. The molecular formula is C14H24N2O2S. The highest BCUT2D eigenvalue weighted by atomic mass is 32.2. The molecule has 0 aliphatic rings. The fraction of sp³-hybridized carbons (Fsp3) is 0.571. The van der Waals surface area contributed by atoms with Gasteiger partial charge in [0.2, 0.25) is 0 Å². The molecule has 0 fully saturated rings. The maximum absolute atomic E-state index is 11.0. The third-order valence-corrected chi connectivity index (χ3v) is 4.00. The van der Waals surface area contributed by atoms with Gasteiger partial charge in [0.25, 0.3) is 0 Å². The number of nitrogens with zero attached hydrogens (tertiary/aromatic N) is 1. The lowest BCUT2D eigenvalue weighted by atomic mass is 10.1. The molecule has 1 aromatic carbocycles. The Labute approximate surface area is 116 Å². The predicted molar refractivity (Wildman–Crippen MR) is 81.7 cm³/mol. The normalized spacial score (nSPS) is 11.5. The van der Waals surface area contributed by atoms with Crippen molar-refractivity contribution >= 4 is 15.5 Å². The number of nitrogens with one attached hydrogen (secondary N) is 1. The van der Waals surface area contributed by atoms with Gasteiger partial charge in [0, 0.05) is 38.6 Å². The van der Waals surface area contributed by atoms with E-state index in [9.17, 15) is 8.42 Å². The van der Waals surface area contributed by atoms with Gasteiger partial charge in [0.15, 0.2) is 0 Å². The number of likely N-dealkylation sites (N-methyl/N-ethyl adjacent to an activating group) is 1. The van der Waals surface area contributed by atoms with Crippen molar-refractivity contribution in [1.82, 2.24) is 5.32 Å². The molecule has 19 heavy (non-hydrogen) atoms. The van der Waals surface area contributed by atoms with Gasteiger partial charge < -0.3 is 10.2 Å². The standard InChI is InChI=1S/C14H24N2O2S/c1-4-13-5-7-14(8-6-13)16(2)11-9-15-10-12-19(3,17)18/h5-8,15H,4,9-12H2,1-3H3. The summed E-state index contributed by atoms with van der Waals surface area (Å²) in [5, 5.41) is 3.14. The van der Waals surface area contributed by atoms with E-state index in [2.05, 4.69) is 41.4 Å². The van der Waals surface area contributed by atoms with Crippen LogP contribution in [0.3, 0.4) is 0 Å². The zero-order chi connectivity index (χ0) is 14.3. The van der Waals surface area contributed by atoms with E-state index in [0.717, 1.165) is 19.5 Å². The van der Waals surface area contributed by atoms with Crippen molar-refractivity contribution in [2.45, 2.75) is 13.3 Å². The van der Waals surface area contributed by atoms with Crippen molar-refractivity contribution < 1.29 is 8.42 Å². The van der Waals surface area contributed by atoms with Crippen LogP contribution in [0, 0.1) is 0 Å². The number of anilines is 1. The fourth-order valence-electron chi connectivity index (χ4n) is 1.74. The van der Waals surface area contributed by atoms with Crippen molar-refractivity contribution in [3.8, 4) is 0 Å². The molecule has 0 bridgehead atoms. The minimum Gasteiger partial charge on any atom is -0.373 e. The molecule has 0 amide bonds. The summed E-state index contributed by atoms with van der Waals surface area (Å²) in [6.07, 6.45) is 2.31. The van der Waals surface area contributed by atoms with Gasteiger partial charge in [-0.15, -0.1) is 0 Å². The summed E-state index contributed by atoms with van der Waals surface area (Å²) >= 11 is 0. The minimum atomic E-state index is -2.86. The van der Waals surface area contributed by atoms with Gasteiger partial charge in [-0.2, -0.15) is 0 Å². The first-order chi connectivity index (χ1) is 8.92. The summed E-state index contributed by atoms with van der Waals surface area (Å²) in [5.74, 6) is 0.196. The van der Waals surface area contributed by atoms with Crippen molar-refractivity contribution in [2.75, 3.05) is 43.6 Å². The van der Waals surface area contributed by atoms with Gasteiger partial charge in [-0.1, -0.05) is 19.1 Å². The Morgan fingerprint density at radius 2 is 1.79 bits per heavy atom. The van der Waals surface area contributed by atoms with Gasteiger partial charge in [-0.3, -0.25) is 0 Å². The van der Waals surface area contributed by atoms with E-state index in [-0.39, 0.29) is 5.75 Å². The number of aryl methyl sites for hydroxylation is 1. The van der Waals surface area contributed by atoms with E-state index < -0.39 is 9.84 Å². The van der Waals surface area contributed by atoms with Crippen molar-refractivity contribution in [1.29, 1.82) is 0 Å². The Bertz CT molecular complexity index is 469. The Morgan fingerprint density at radius 1 is 1.16 bits per heavy atom. The van der Waals surface area contributed by atoms with E-state index in [0.29, 0.717) is 6.54 Å². The van der Waals surface area contributed by atoms with Crippen molar-refractivity contribution in [3.05, 3.63) is 29.8 Å². The highest BCUT2D eigenvalue weighted by Crippen LogP contribution is 2.13. The molecule has 108 valence electrons. The second-order valence-electron chi connectivity index (χ2n) is 4.82. The van der Waals surface area contributed by atoms with Crippen LogP contribution in [0.4, 0.5) is 5.69 Å².